The van der Waals surface area contributed by atoms with Gasteiger partial charge in [-0.05, 0) is 25.1 Å². The lowest BCUT2D eigenvalue weighted by Crippen LogP contribution is -2.25. The zero-order valence-electron chi connectivity index (χ0n) is 12.1. The molecule has 1 aromatic rings. The minimum absolute atomic E-state index is 0.332. The molecule has 0 fully saturated rings. The van der Waals surface area contributed by atoms with Crippen LogP contribution in [0.1, 0.15) is 31.4 Å². The third kappa shape index (κ3) is 3.61. The van der Waals surface area contributed by atoms with Gasteiger partial charge in [-0.15, -0.1) is 0 Å². The standard InChI is InChI=1S/C15H24N2O2/c1-4-11(2)7-17(3)8-12-5-14(16)6-13-9-18-10-19-15(12)13/h5-6,11H,4,7-10,16H2,1-3H3. The van der Waals surface area contributed by atoms with Gasteiger partial charge in [-0.1, -0.05) is 20.3 Å². The molecule has 0 aromatic heterocycles. The summed E-state index contributed by atoms with van der Waals surface area (Å²) in [6.45, 7) is 7.35. The molecule has 19 heavy (non-hydrogen) atoms. The van der Waals surface area contributed by atoms with Gasteiger partial charge in [-0.3, -0.25) is 0 Å². The highest BCUT2D eigenvalue weighted by Crippen LogP contribution is 2.31. The second-order valence-corrected chi connectivity index (χ2v) is 5.49. The molecular weight excluding hydrogens is 240 g/mol. The van der Waals surface area contributed by atoms with E-state index in [-0.39, 0.29) is 0 Å². The Morgan fingerprint density at radius 3 is 2.95 bits per heavy atom. The lowest BCUT2D eigenvalue weighted by molar-refractivity contribution is -0.0173. The molecule has 0 radical (unpaired) electrons. The van der Waals surface area contributed by atoms with Crippen molar-refractivity contribution in [3.63, 3.8) is 0 Å². The van der Waals surface area contributed by atoms with Crippen LogP contribution in [0.4, 0.5) is 5.69 Å². The Morgan fingerprint density at radius 2 is 2.21 bits per heavy atom. The van der Waals surface area contributed by atoms with Gasteiger partial charge in [-0.25, -0.2) is 0 Å². The fourth-order valence-corrected chi connectivity index (χ4v) is 2.46. The molecule has 1 unspecified atom stereocenters. The Morgan fingerprint density at radius 1 is 1.42 bits per heavy atom. The topological polar surface area (TPSA) is 47.7 Å². The molecule has 106 valence electrons. The molecule has 4 heteroatoms. The van der Waals surface area contributed by atoms with Crippen LogP contribution in [0.25, 0.3) is 0 Å². The molecule has 1 heterocycles. The third-order valence-corrected chi connectivity index (χ3v) is 3.57. The van der Waals surface area contributed by atoms with E-state index in [1.807, 2.05) is 12.1 Å². The minimum Gasteiger partial charge on any atom is -0.467 e. The first-order valence-corrected chi connectivity index (χ1v) is 6.90. The highest BCUT2D eigenvalue weighted by atomic mass is 16.7. The van der Waals surface area contributed by atoms with Crippen molar-refractivity contribution in [3.8, 4) is 5.75 Å². The Labute approximate surface area is 115 Å². The van der Waals surface area contributed by atoms with Crippen molar-refractivity contribution in [2.24, 2.45) is 5.92 Å². The van der Waals surface area contributed by atoms with E-state index in [4.69, 9.17) is 15.2 Å². The fraction of sp³-hybridized carbons (Fsp3) is 0.600. The second kappa shape index (κ2) is 6.26. The quantitative estimate of drug-likeness (QED) is 0.830. The molecule has 0 saturated heterocycles. The number of benzene rings is 1. The fourth-order valence-electron chi connectivity index (χ4n) is 2.46. The molecule has 1 atom stereocenters. The maximum atomic E-state index is 5.96. The average molecular weight is 264 g/mol. The Hall–Kier alpha value is -1.26. The number of nitrogen functional groups attached to an aromatic ring is 1. The zero-order valence-corrected chi connectivity index (χ0v) is 12.1. The number of anilines is 1. The van der Waals surface area contributed by atoms with E-state index in [1.54, 1.807) is 0 Å². The summed E-state index contributed by atoms with van der Waals surface area (Å²) in [6, 6.07) is 3.95. The van der Waals surface area contributed by atoms with Crippen LogP contribution in [0.3, 0.4) is 0 Å². The lowest BCUT2D eigenvalue weighted by atomic mass is 10.1. The number of nitrogens with two attached hydrogens (primary N) is 1. The first kappa shape index (κ1) is 14.2. The number of hydrogen-bond acceptors (Lipinski definition) is 4. The molecule has 2 N–H and O–H groups in total. The van der Waals surface area contributed by atoms with Crippen LogP contribution in [0.2, 0.25) is 0 Å². The number of nitrogens with zero attached hydrogens (tertiary/aromatic N) is 1. The van der Waals surface area contributed by atoms with Crippen molar-refractivity contribution in [2.45, 2.75) is 33.4 Å². The van der Waals surface area contributed by atoms with Crippen LogP contribution in [0.15, 0.2) is 12.1 Å². The molecular formula is C15H24N2O2. The maximum Gasteiger partial charge on any atom is 0.189 e. The van der Waals surface area contributed by atoms with Crippen molar-refractivity contribution >= 4 is 5.69 Å². The number of rotatable bonds is 5. The number of ether oxygens (including phenoxy) is 2. The van der Waals surface area contributed by atoms with E-state index < -0.39 is 0 Å². The van der Waals surface area contributed by atoms with Gasteiger partial charge < -0.3 is 20.1 Å². The summed E-state index contributed by atoms with van der Waals surface area (Å²) >= 11 is 0. The molecule has 0 spiro atoms. The normalized spacial score (nSPS) is 16.0. The first-order chi connectivity index (χ1) is 9.10. The summed E-state index contributed by atoms with van der Waals surface area (Å²) in [5, 5.41) is 0. The van der Waals surface area contributed by atoms with Gasteiger partial charge in [0.1, 0.15) is 5.75 Å². The summed E-state index contributed by atoms with van der Waals surface area (Å²) in [4.78, 5) is 2.32. The molecule has 1 aromatic carbocycles. The molecule has 0 saturated carbocycles. The molecule has 2 rings (SSSR count). The third-order valence-electron chi connectivity index (χ3n) is 3.57. The van der Waals surface area contributed by atoms with Crippen molar-refractivity contribution in [3.05, 3.63) is 23.3 Å². The van der Waals surface area contributed by atoms with Crippen LogP contribution < -0.4 is 10.5 Å². The van der Waals surface area contributed by atoms with Gasteiger partial charge in [0.2, 0.25) is 0 Å². The van der Waals surface area contributed by atoms with E-state index in [1.165, 1.54) is 6.42 Å². The van der Waals surface area contributed by atoms with Crippen molar-refractivity contribution < 1.29 is 9.47 Å². The SMILES string of the molecule is CCC(C)CN(C)Cc1cc(N)cc2c1OCOC2. The largest absolute Gasteiger partial charge is 0.467 e. The van der Waals surface area contributed by atoms with Crippen LogP contribution >= 0.6 is 0 Å². The monoisotopic (exact) mass is 264 g/mol. The lowest BCUT2D eigenvalue weighted by Gasteiger charge is -2.25. The summed E-state index contributed by atoms with van der Waals surface area (Å²) in [6.07, 6.45) is 1.20. The van der Waals surface area contributed by atoms with Gasteiger partial charge in [-0.2, -0.15) is 0 Å². The molecule has 1 aliphatic heterocycles. The highest BCUT2D eigenvalue weighted by molar-refractivity contribution is 5.53. The molecule has 0 aliphatic carbocycles. The minimum atomic E-state index is 0.332. The highest BCUT2D eigenvalue weighted by Gasteiger charge is 2.17. The van der Waals surface area contributed by atoms with E-state index in [2.05, 4.69) is 25.8 Å². The van der Waals surface area contributed by atoms with Gasteiger partial charge in [0.15, 0.2) is 6.79 Å². The Kier molecular flexibility index (Phi) is 4.66. The molecule has 4 nitrogen and oxygen atoms in total. The van der Waals surface area contributed by atoms with Gasteiger partial charge in [0, 0.05) is 29.9 Å². The molecule has 1 aliphatic rings. The van der Waals surface area contributed by atoms with E-state index in [0.717, 1.165) is 35.7 Å². The summed E-state index contributed by atoms with van der Waals surface area (Å²) in [7, 11) is 2.14. The van der Waals surface area contributed by atoms with Crippen molar-refractivity contribution in [2.75, 3.05) is 26.1 Å². The van der Waals surface area contributed by atoms with Crippen LogP contribution in [0.5, 0.6) is 5.75 Å². The summed E-state index contributed by atoms with van der Waals surface area (Å²) in [5.74, 6) is 1.66. The van der Waals surface area contributed by atoms with Crippen molar-refractivity contribution in [1.82, 2.24) is 4.90 Å². The Bertz CT molecular complexity index is 434. The predicted molar refractivity (Wildman–Crippen MR) is 76.9 cm³/mol. The Balaban J connectivity index is 2.13. The number of fused-ring (bicyclic) bond motifs is 1. The van der Waals surface area contributed by atoms with E-state index in [9.17, 15) is 0 Å². The van der Waals surface area contributed by atoms with Gasteiger partial charge >= 0.3 is 0 Å². The molecule has 0 bridgehead atoms. The van der Waals surface area contributed by atoms with E-state index >= 15 is 0 Å². The molecule has 0 amide bonds. The van der Waals surface area contributed by atoms with Crippen LogP contribution in [-0.4, -0.2) is 25.3 Å². The second-order valence-electron chi connectivity index (χ2n) is 5.49. The van der Waals surface area contributed by atoms with Crippen molar-refractivity contribution in [1.29, 1.82) is 0 Å². The predicted octanol–water partition coefficient (Wildman–Crippen LogP) is 2.61. The average Bonchev–Trinajstić information content (AvgIpc) is 2.38. The summed E-state index contributed by atoms with van der Waals surface area (Å²) in [5.41, 5.74) is 8.94. The zero-order chi connectivity index (χ0) is 13.8. The van der Waals surface area contributed by atoms with Crippen LogP contribution in [-0.2, 0) is 17.9 Å². The first-order valence-electron chi connectivity index (χ1n) is 6.90. The maximum absolute atomic E-state index is 5.96. The number of hydrogen-bond donors (Lipinski definition) is 1. The van der Waals surface area contributed by atoms with Gasteiger partial charge in [0.25, 0.3) is 0 Å². The van der Waals surface area contributed by atoms with Gasteiger partial charge in [0.05, 0.1) is 6.61 Å². The smallest absolute Gasteiger partial charge is 0.189 e. The van der Waals surface area contributed by atoms with E-state index in [0.29, 0.717) is 19.3 Å². The summed E-state index contributed by atoms with van der Waals surface area (Å²) < 4.78 is 10.9. The van der Waals surface area contributed by atoms with Crippen LogP contribution in [0, 0.1) is 5.92 Å².